The fourth-order valence-electron chi connectivity index (χ4n) is 1.10. The Morgan fingerprint density at radius 1 is 1.32 bits per heavy atom. The van der Waals surface area contributed by atoms with Crippen LogP contribution >= 0.6 is 23.3 Å². The van der Waals surface area contributed by atoms with E-state index in [4.69, 9.17) is 10.6 Å². The van der Waals surface area contributed by atoms with E-state index in [0.717, 1.165) is 16.6 Å². The molecule has 0 unspecified atom stereocenters. The number of hydrazine groups is 1. The number of ether oxygens (including phenoxy) is 1. The van der Waals surface area contributed by atoms with Crippen molar-refractivity contribution in [1.82, 2.24) is 24.3 Å². The second-order valence-electron chi connectivity index (χ2n) is 3.43. The summed E-state index contributed by atoms with van der Waals surface area (Å²) in [4.78, 5) is 16.6. The molecule has 2 aromatic rings. The number of aromatic nitrogens is 5. The molecule has 0 fully saturated rings. The maximum Gasteiger partial charge on any atom is 0.322 e. The lowest BCUT2D eigenvalue weighted by Crippen LogP contribution is -2.13. The van der Waals surface area contributed by atoms with Gasteiger partial charge in [-0.1, -0.05) is 6.92 Å². The molecule has 0 amide bonds. The summed E-state index contributed by atoms with van der Waals surface area (Å²) in [5, 5.41) is 0.463. The van der Waals surface area contributed by atoms with Gasteiger partial charge in [0, 0.05) is 0 Å². The van der Waals surface area contributed by atoms with E-state index in [2.05, 4.69) is 29.7 Å². The first kappa shape index (κ1) is 13.9. The summed E-state index contributed by atoms with van der Waals surface area (Å²) in [6, 6.07) is 0.244. The van der Waals surface area contributed by atoms with Crippen LogP contribution in [0.3, 0.4) is 0 Å². The SMILES string of the molecule is CCCOc1nc(NN)nc(Sc2nc(C)ns2)n1. The Bertz CT molecular complexity index is 547. The summed E-state index contributed by atoms with van der Waals surface area (Å²) in [5.74, 6) is 6.30. The van der Waals surface area contributed by atoms with Gasteiger partial charge in [0.15, 0.2) is 4.34 Å². The van der Waals surface area contributed by atoms with Gasteiger partial charge in [-0.3, -0.25) is 5.43 Å². The average Bonchev–Trinajstić information content (AvgIpc) is 2.81. The molecule has 0 radical (unpaired) electrons. The van der Waals surface area contributed by atoms with Gasteiger partial charge in [0.2, 0.25) is 11.1 Å². The zero-order valence-electron chi connectivity index (χ0n) is 10.5. The molecule has 0 aliphatic carbocycles. The molecular weight excluding hydrogens is 286 g/mol. The van der Waals surface area contributed by atoms with Crippen LogP contribution in [-0.2, 0) is 0 Å². The van der Waals surface area contributed by atoms with E-state index in [-0.39, 0.29) is 12.0 Å². The molecule has 2 heterocycles. The number of nitrogens with two attached hydrogens (primary N) is 1. The standard InChI is InChI=1S/C9H13N7OS2/c1-3-4-17-7-12-6(15-10)13-8(14-7)18-9-11-5(2)16-19-9/h3-4,10H2,1-2H3,(H,12,13,14,15). The molecule has 0 atom stereocenters. The van der Waals surface area contributed by atoms with E-state index >= 15 is 0 Å². The topological polar surface area (TPSA) is 112 Å². The van der Waals surface area contributed by atoms with Crippen molar-refractivity contribution in [3.05, 3.63) is 5.82 Å². The lowest BCUT2D eigenvalue weighted by Gasteiger charge is -2.05. The Labute approximate surface area is 118 Å². The third-order valence-corrected chi connectivity index (χ3v) is 3.55. The Balaban J connectivity index is 2.18. The van der Waals surface area contributed by atoms with Gasteiger partial charge < -0.3 is 4.74 Å². The maximum absolute atomic E-state index is 5.38. The van der Waals surface area contributed by atoms with Crippen LogP contribution in [0.25, 0.3) is 0 Å². The summed E-state index contributed by atoms with van der Waals surface area (Å²) >= 11 is 2.58. The molecule has 8 nitrogen and oxygen atoms in total. The van der Waals surface area contributed by atoms with Crippen LogP contribution < -0.4 is 16.0 Å². The lowest BCUT2D eigenvalue weighted by molar-refractivity contribution is 0.288. The molecule has 3 N–H and O–H groups in total. The first-order valence-electron chi connectivity index (χ1n) is 5.55. The van der Waals surface area contributed by atoms with Gasteiger partial charge in [-0.2, -0.15) is 19.3 Å². The third kappa shape index (κ3) is 3.98. The van der Waals surface area contributed by atoms with Crippen LogP contribution in [0.1, 0.15) is 19.2 Å². The van der Waals surface area contributed by atoms with Crippen LogP contribution in [-0.4, -0.2) is 30.9 Å². The first-order chi connectivity index (χ1) is 9.21. The molecule has 0 aliphatic heterocycles. The smallest absolute Gasteiger partial charge is 0.322 e. The minimum atomic E-state index is 0.244. The van der Waals surface area contributed by atoms with Crippen LogP contribution in [0.5, 0.6) is 6.01 Å². The zero-order valence-corrected chi connectivity index (χ0v) is 12.1. The summed E-state index contributed by atoms with van der Waals surface area (Å²) in [6.07, 6.45) is 0.870. The normalized spacial score (nSPS) is 10.5. The van der Waals surface area contributed by atoms with Crippen LogP contribution in [0.4, 0.5) is 5.95 Å². The molecule has 0 aromatic carbocycles. The molecule has 0 spiro atoms. The molecule has 0 saturated heterocycles. The van der Waals surface area contributed by atoms with Crippen molar-refractivity contribution in [3.63, 3.8) is 0 Å². The number of nitrogens with zero attached hydrogens (tertiary/aromatic N) is 5. The molecule has 0 aliphatic rings. The van der Waals surface area contributed by atoms with Crippen molar-refractivity contribution < 1.29 is 4.74 Å². The summed E-state index contributed by atoms with van der Waals surface area (Å²) < 4.78 is 10.2. The average molecular weight is 299 g/mol. The van der Waals surface area contributed by atoms with Crippen molar-refractivity contribution in [2.75, 3.05) is 12.0 Å². The quantitative estimate of drug-likeness (QED) is 0.601. The second kappa shape index (κ2) is 6.59. The zero-order chi connectivity index (χ0) is 13.7. The fourth-order valence-corrected chi connectivity index (χ4v) is 2.60. The molecule has 2 rings (SSSR count). The fraction of sp³-hybridized carbons (Fsp3) is 0.444. The van der Waals surface area contributed by atoms with Gasteiger partial charge in [-0.15, -0.1) is 0 Å². The molecule has 2 aromatic heterocycles. The van der Waals surface area contributed by atoms with Crippen molar-refractivity contribution in [3.8, 4) is 6.01 Å². The van der Waals surface area contributed by atoms with Crippen molar-refractivity contribution in [2.45, 2.75) is 29.8 Å². The minimum absolute atomic E-state index is 0.244. The van der Waals surface area contributed by atoms with E-state index in [0.29, 0.717) is 11.8 Å². The number of hydrogen-bond acceptors (Lipinski definition) is 10. The number of aryl methyl sites for hydroxylation is 1. The highest BCUT2D eigenvalue weighted by atomic mass is 32.2. The molecule has 10 heteroatoms. The Kier molecular flexibility index (Phi) is 4.82. The van der Waals surface area contributed by atoms with E-state index in [1.807, 2.05) is 13.8 Å². The summed E-state index contributed by atoms with van der Waals surface area (Å²) in [5.41, 5.74) is 2.39. The van der Waals surface area contributed by atoms with E-state index in [1.165, 1.54) is 23.3 Å². The molecule has 102 valence electrons. The van der Waals surface area contributed by atoms with Crippen molar-refractivity contribution >= 4 is 29.2 Å². The van der Waals surface area contributed by atoms with Crippen LogP contribution in [0.15, 0.2) is 9.50 Å². The number of nitrogen functional groups attached to an aromatic ring is 1. The number of nitrogens with one attached hydrogen (secondary N) is 1. The number of anilines is 1. The molecule has 0 bridgehead atoms. The predicted octanol–water partition coefficient (Wildman–Crippen LogP) is 1.26. The summed E-state index contributed by atoms with van der Waals surface area (Å²) in [6.45, 7) is 4.37. The van der Waals surface area contributed by atoms with Crippen LogP contribution in [0.2, 0.25) is 0 Å². The van der Waals surface area contributed by atoms with Gasteiger partial charge in [-0.25, -0.2) is 10.8 Å². The van der Waals surface area contributed by atoms with Crippen molar-refractivity contribution in [2.24, 2.45) is 5.84 Å². The van der Waals surface area contributed by atoms with Crippen molar-refractivity contribution in [1.29, 1.82) is 0 Å². The van der Waals surface area contributed by atoms with Gasteiger partial charge in [0.05, 0.1) is 6.61 Å². The molecule has 19 heavy (non-hydrogen) atoms. The second-order valence-corrected chi connectivity index (χ2v) is 5.39. The minimum Gasteiger partial charge on any atom is -0.463 e. The molecular formula is C9H13N7OS2. The monoisotopic (exact) mass is 299 g/mol. The highest BCUT2D eigenvalue weighted by Crippen LogP contribution is 2.27. The number of hydrogen-bond donors (Lipinski definition) is 2. The van der Waals surface area contributed by atoms with Gasteiger partial charge in [0.25, 0.3) is 0 Å². The molecule has 0 saturated carbocycles. The first-order valence-corrected chi connectivity index (χ1v) is 7.14. The predicted molar refractivity (Wildman–Crippen MR) is 72.2 cm³/mol. The largest absolute Gasteiger partial charge is 0.463 e. The Morgan fingerprint density at radius 2 is 2.16 bits per heavy atom. The lowest BCUT2D eigenvalue weighted by atomic mass is 10.5. The maximum atomic E-state index is 5.38. The summed E-state index contributed by atoms with van der Waals surface area (Å²) in [7, 11) is 0. The van der Waals surface area contributed by atoms with E-state index in [9.17, 15) is 0 Å². The van der Waals surface area contributed by atoms with Gasteiger partial charge in [0.1, 0.15) is 5.82 Å². The third-order valence-electron chi connectivity index (χ3n) is 1.85. The Hall–Kier alpha value is -1.52. The highest BCUT2D eigenvalue weighted by Gasteiger charge is 2.11. The van der Waals surface area contributed by atoms with Crippen LogP contribution in [0, 0.1) is 6.92 Å². The highest BCUT2D eigenvalue weighted by molar-refractivity contribution is 8.00. The van der Waals surface area contributed by atoms with E-state index in [1.54, 1.807) is 0 Å². The van der Waals surface area contributed by atoms with Gasteiger partial charge in [-0.05, 0) is 36.6 Å². The van der Waals surface area contributed by atoms with Gasteiger partial charge >= 0.3 is 6.01 Å². The number of rotatable bonds is 6. The van der Waals surface area contributed by atoms with E-state index < -0.39 is 0 Å². The Morgan fingerprint density at radius 3 is 2.79 bits per heavy atom.